The molecule has 9 nitrogen and oxygen atoms in total. The molecule has 1 aliphatic rings. The van der Waals surface area contributed by atoms with Crippen LogP contribution in [0.2, 0.25) is 0 Å². The Morgan fingerprint density at radius 2 is 1.58 bits per heavy atom. The number of ether oxygens (including phenoxy) is 1. The van der Waals surface area contributed by atoms with Gasteiger partial charge in [-0.15, -0.1) is 0 Å². The van der Waals surface area contributed by atoms with Gasteiger partial charge in [-0.1, -0.05) is 26.8 Å². The second-order valence-corrected chi connectivity index (χ2v) is 10.5. The van der Waals surface area contributed by atoms with Crippen molar-refractivity contribution in [2.24, 2.45) is 5.41 Å². The molecule has 1 saturated heterocycles. The van der Waals surface area contributed by atoms with E-state index < -0.39 is 5.41 Å². The molecule has 0 radical (unpaired) electrons. The number of amides is 2. The highest BCUT2D eigenvalue weighted by molar-refractivity contribution is 6.06. The zero-order valence-corrected chi connectivity index (χ0v) is 22.5. The lowest BCUT2D eigenvalue weighted by Gasteiger charge is -2.18. The molecule has 4 rings (SSSR count). The predicted octanol–water partition coefficient (Wildman–Crippen LogP) is 5.24. The fourth-order valence-corrected chi connectivity index (χ4v) is 3.98. The molecule has 1 fully saturated rings. The molecule has 0 unspecified atom stereocenters. The van der Waals surface area contributed by atoms with E-state index in [-0.39, 0.29) is 11.8 Å². The molecule has 1 aromatic heterocycles. The molecule has 200 valence electrons. The number of hydrogen-bond acceptors (Lipinski definition) is 7. The summed E-state index contributed by atoms with van der Waals surface area (Å²) in [5, 5.41) is 8.84. The fraction of sp³-hybridized carbons (Fsp3) is 0.379. The van der Waals surface area contributed by atoms with Gasteiger partial charge in [0.25, 0.3) is 5.91 Å². The topological polar surface area (TPSA) is 108 Å². The van der Waals surface area contributed by atoms with E-state index in [4.69, 9.17) is 4.74 Å². The van der Waals surface area contributed by atoms with Crippen LogP contribution in [-0.2, 0) is 4.79 Å². The van der Waals surface area contributed by atoms with Gasteiger partial charge in [0.15, 0.2) is 0 Å². The number of aryl methyl sites for hydroxylation is 1. The van der Waals surface area contributed by atoms with E-state index in [9.17, 15) is 9.59 Å². The molecule has 9 heteroatoms. The minimum atomic E-state index is -0.538. The third-order valence-electron chi connectivity index (χ3n) is 6.32. The van der Waals surface area contributed by atoms with E-state index >= 15 is 0 Å². The number of carbonyl (C=O) groups is 2. The minimum absolute atomic E-state index is 0.121. The number of anilines is 4. The normalized spacial score (nSPS) is 13.7. The fourth-order valence-electron chi connectivity index (χ4n) is 3.98. The van der Waals surface area contributed by atoms with Crippen LogP contribution in [0, 0.1) is 12.3 Å². The summed E-state index contributed by atoms with van der Waals surface area (Å²) in [7, 11) is 0. The lowest BCUT2D eigenvalue weighted by molar-refractivity contribution is -0.123. The van der Waals surface area contributed by atoms with Gasteiger partial charge in [-0.3, -0.25) is 14.5 Å². The molecule has 0 bridgehead atoms. The minimum Gasteiger partial charge on any atom is -0.492 e. The molecule has 0 saturated carbocycles. The van der Waals surface area contributed by atoms with Gasteiger partial charge in [0.1, 0.15) is 12.4 Å². The molecule has 2 amide bonds. The number of hydrogen-bond donors (Lipinski definition) is 3. The molecule has 0 atom stereocenters. The van der Waals surface area contributed by atoms with Gasteiger partial charge in [0.05, 0.1) is 18.1 Å². The first kappa shape index (κ1) is 27.1. The van der Waals surface area contributed by atoms with E-state index in [1.54, 1.807) is 30.6 Å². The third-order valence-corrected chi connectivity index (χ3v) is 6.32. The predicted molar refractivity (Wildman–Crippen MR) is 150 cm³/mol. The maximum atomic E-state index is 12.9. The van der Waals surface area contributed by atoms with E-state index in [0.29, 0.717) is 29.5 Å². The van der Waals surface area contributed by atoms with Crippen molar-refractivity contribution in [1.82, 2.24) is 14.9 Å². The van der Waals surface area contributed by atoms with Crippen LogP contribution in [0.3, 0.4) is 0 Å². The Hall–Kier alpha value is -3.98. The standard InChI is InChI=1S/C29H36N6O3/c1-20-7-8-22(33-27(37)29(2,3)4)17-25(20)26(36)32-23-18-30-28(31-19-23)34-21-9-11-24(12-10-21)38-16-15-35-13-5-6-14-35/h7-12,17-19H,5-6,13-16H2,1-4H3,(H,32,36)(H,33,37)(H,30,31,34). The smallest absolute Gasteiger partial charge is 0.256 e. The van der Waals surface area contributed by atoms with Crippen molar-refractivity contribution < 1.29 is 14.3 Å². The van der Waals surface area contributed by atoms with Gasteiger partial charge >= 0.3 is 0 Å². The zero-order chi connectivity index (χ0) is 27.1. The second-order valence-electron chi connectivity index (χ2n) is 10.5. The Bertz CT molecular complexity index is 1250. The second kappa shape index (κ2) is 12.0. The first-order valence-electron chi connectivity index (χ1n) is 13.0. The molecule has 0 spiro atoms. The van der Waals surface area contributed by atoms with Crippen molar-refractivity contribution in [3.8, 4) is 5.75 Å². The van der Waals surface area contributed by atoms with E-state index in [1.807, 2.05) is 52.0 Å². The van der Waals surface area contributed by atoms with Crippen LogP contribution in [-0.4, -0.2) is 52.9 Å². The lowest BCUT2D eigenvalue weighted by Crippen LogP contribution is -2.27. The van der Waals surface area contributed by atoms with Crippen LogP contribution in [0.15, 0.2) is 54.9 Å². The van der Waals surface area contributed by atoms with E-state index in [1.165, 1.54) is 25.9 Å². The zero-order valence-electron chi connectivity index (χ0n) is 22.5. The number of benzene rings is 2. The number of nitrogens with zero attached hydrogens (tertiary/aromatic N) is 3. The summed E-state index contributed by atoms with van der Waals surface area (Å²) in [6.07, 6.45) is 5.65. The highest BCUT2D eigenvalue weighted by atomic mass is 16.5. The van der Waals surface area contributed by atoms with Crippen LogP contribution in [0.4, 0.5) is 23.0 Å². The van der Waals surface area contributed by atoms with Crippen molar-refractivity contribution in [3.05, 3.63) is 66.0 Å². The Balaban J connectivity index is 1.30. The first-order chi connectivity index (χ1) is 18.2. The Labute approximate surface area is 224 Å². The number of carbonyl (C=O) groups excluding carboxylic acids is 2. The number of aromatic nitrogens is 2. The van der Waals surface area contributed by atoms with Gasteiger partial charge in [-0.05, 0) is 74.8 Å². The average Bonchev–Trinajstić information content (AvgIpc) is 3.40. The summed E-state index contributed by atoms with van der Waals surface area (Å²) in [6, 6.07) is 12.9. The van der Waals surface area contributed by atoms with E-state index in [0.717, 1.165) is 23.5 Å². The maximum Gasteiger partial charge on any atom is 0.256 e. The van der Waals surface area contributed by atoms with Crippen LogP contribution >= 0.6 is 0 Å². The SMILES string of the molecule is Cc1ccc(NC(=O)C(C)(C)C)cc1C(=O)Nc1cnc(Nc2ccc(OCCN3CCCC3)cc2)nc1. The summed E-state index contributed by atoms with van der Waals surface area (Å²) in [4.78, 5) is 36.3. The van der Waals surface area contributed by atoms with Crippen LogP contribution in [0.25, 0.3) is 0 Å². The van der Waals surface area contributed by atoms with Gasteiger partial charge in [-0.2, -0.15) is 0 Å². The van der Waals surface area contributed by atoms with E-state index in [2.05, 4.69) is 30.8 Å². The van der Waals surface area contributed by atoms with Gasteiger partial charge in [0, 0.05) is 28.9 Å². The van der Waals surface area contributed by atoms with Crippen molar-refractivity contribution in [3.63, 3.8) is 0 Å². The van der Waals surface area contributed by atoms with Crippen molar-refractivity contribution in [2.45, 2.75) is 40.5 Å². The number of nitrogens with one attached hydrogen (secondary N) is 3. The molecular weight excluding hydrogens is 480 g/mol. The van der Waals surface area contributed by atoms with Gasteiger partial charge in [0.2, 0.25) is 11.9 Å². The maximum absolute atomic E-state index is 12.9. The molecule has 2 heterocycles. The van der Waals surface area contributed by atoms with Gasteiger partial charge in [-0.25, -0.2) is 9.97 Å². The molecule has 3 aromatic rings. The van der Waals surface area contributed by atoms with Crippen LogP contribution < -0.4 is 20.7 Å². The molecule has 3 N–H and O–H groups in total. The lowest BCUT2D eigenvalue weighted by atomic mass is 9.95. The highest BCUT2D eigenvalue weighted by Gasteiger charge is 2.22. The Morgan fingerprint density at radius 3 is 2.24 bits per heavy atom. The largest absolute Gasteiger partial charge is 0.492 e. The van der Waals surface area contributed by atoms with Crippen molar-refractivity contribution in [2.75, 3.05) is 42.2 Å². The summed E-state index contributed by atoms with van der Waals surface area (Å²) in [5.41, 5.74) is 2.58. The quantitative estimate of drug-likeness (QED) is 0.357. The third kappa shape index (κ3) is 7.52. The molecule has 1 aliphatic heterocycles. The van der Waals surface area contributed by atoms with Crippen molar-refractivity contribution in [1.29, 1.82) is 0 Å². The Kier molecular flexibility index (Phi) is 8.58. The number of likely N-dealkylation sites (tertiary alicyclic amines) is 1. The van der Waals surface area contributed by atoms with Crippen LogP contribution in [0.1, 0.15) is 49.5 Å². The van der Waals surface area contributed by atoms with Crippen LogP contribution in [0.5, 0.6) is 5.75 Å². The summed E-state index contributed by atoms with van der Waals surface area (Å²) in [6.45, 7) is 11.3. The monoisotopic (exact) mass is 516 g/mol. The summed E-state index contributed by atoms with van der Waals surface area (Å²) in [5.74, 6) is 0.808. The summed E-state index contributed by atoms with van der Waals surface area (Å²) < 4.78 is 5.85. The van der Waals surface area contributed by atoms with Gasteiger partial charge < -0.3 is 20.7 Å². The Morgan fingerprint density at radius 1 is 0.921 bits per heavy atom. The molecule has 2 aromatic carbocycles. The van der Waals surface area contributed by atoms with Crippen molar-refractivity contribution >= 4 is 34.8 Å². The highest BCUT2D eigenvalue weighted by Crippen LogP contribution is 2.22. The molecular formula is C29H36N6O3. The molecule has 0 aliphatic carbocycles. The molecule has 38 heavy (non-hydrogen) atoms. The number of rotatable bonds is 9. The first-order valence-corrected chi connectivity index (χ1v) is 13.0. The summed E-state index contributed by atoms with van der Waals surface area (Å²) >= 11 is 0. The average molecular weight is 517 g/mol.